The summed E-state index contributed by atoms with van der Waals surface area (Å²) in [6.07, 6.45) is 1.65. The predicted octanol–water partition coefficient (Wildman–Crippen LogP) is 6.77. The van der Waals surface area contributed by atoms with E-state index in [-0.39, 0.29) is 36.3 Å². The zero-order valence-electron chi connectivity index (χ0n) is 30.7. The molecule has 1 fully saturated rings. The van der Waals surface area contributed by atoms with Crippen LogP contribution in [0.5, 0.6) is 5.75 Å². The maximum atomic E-state index is 14.1. The first-order valence-electron chi connectivity index (χ1n) is 18.2. The molecule has 0 radical (unpaired) electrons. The predicted molar refractivity (Wildman–Crippen MR) is 209 cm³/mol. The lowest BCUT2D eigenvalue weighted by Crippen LogP contribution is -2.66. The maximum Gasteiger partial charge on any atom is 0.261 e. The maximum absolute atomic E-state index is 14.1. The molecule has 53 heavy (non-hydrogen) atoms. The highest BCUT2D eigenvalue weighted by molar-refractivity contribution is 6.99. The van der Waals surface area contributed by atoms with E-state index >= 15 is 0 Å². The number of benzene rings is 4. The lowest BCUT2D eigenvalue weighted by molar-refractivity contribution is -0.123. The van der Waals surface area contributed by atoms with Crippen molar-refractivity contribution < 1.29 is 33.7 Å². The Bertz CT molecular complexity index is 1950. The number of phenolic OH excluding ortho intramolecular Hbond substituents is 1. The molecule has 1 saturated heterocycles. The summed E-state index contributed by atoms with van der Waals surface area (Å²) >= 11 is 0. The summed E-state index contributed by atoms with van der Waals surface area (Å²) in [5.41, 5.74) is 3.20. The Labute approximate surface area is 312 Å². The van der Waals surface area contributed by atoms with Gasteiger partial charge in [0.15, 0.2) is 11.6 Å². The number of amides is 2. The molecule has 4 aromatic carbocycles. The highest BCUT2D eigenvalue weighted by Gasteiger charge is 2.56. The van der Waals surface area contributed by atoms with E-state index < -0.39 is 50.3 Å². The Hall–Kier alpha value is -4.67. The van der Waals surface area contributed by atoms with E-state index in [1.165, 1.54) is 17.0 Å². The number of imide groups is 1. The van der Waals surface area contributed by atoms with Crippen molar-refractivity contribution in [2.75, 3.05) is 18.1 Å². The number of hydrogen-bond donors (Lipinski definition) is 3. The van der Waals surface area contributed by atoms with E-state index in [9.17, 15) is 29.3 Å². The topological polar surface area (TPSA) is 107 Å². The van der Waals surface area contributed by atoms with Gasteiger partial charge in [0.1, 0.15) is 0 Å². The minimum Gasteiger partial charge on any atom is -0.505 e. The quantitative estimate of drug-likeness (QED) is 0.0844. The normalized spacial score (nSPS) is 20.2. The van der Waals surface area contributed by atoms with E-state index in [0.29, 0.717) is 23.2 Å². The summed E-state index contributed by atoms with van der Waals surface area (Å²) in [7, 11) is -3.05. The average molecular weight is 734 g/mol. The van der Waals surface area contributed by atoms with Crippen molar-refractivity contribution in [3.05, 3.63) is 137 Å². The van der Waals surface area contributed by atoms with Gasteiger partial charge in [-0.1, -0.05) is 117 Å². The summed E-state index contributed by atoms with van der Waals surface area (Å²) in [5, 5.41) is 34.6. The van der Waals surface area contributed by atoms with Gasteiger partial charge in [-0.05, 0) is 82.6 Å². The van der Waals surface area contributed by atoms with E-state index in [4.69, 9.17) is 4.43 Å². The smallest absolute Gasteiger partial charge is 0.261 e. The van der Waals surface area contributed by atoms with Gasteiger partial charge in [0.25, 0.3) is 8.32 Å². The average Bonchev–Trinajstić information content (AvgIpc) is 3.40. The van der Waals surface area contributed by atoms with Gasteiger partial charge in [0, 0.05) is 5.92 Å². The van der Waals surface area contributed by atoms with E-state index in [0.717, 1.165) is 21.5 Å². The van der Waals surface area contributed by atoms with Gasteiger partial charge in [-0.2, -0.15) is 0 Å². The van der Waals surface area contributed by atoms with Crippen LogP contribution < -0.4 is 15.3 Å². The third-order valence-corrected chi connectivity index (χ3v) is 15.8. The molecule has 0 saturated carbocycles. The van der Waals surface area contributed by atoms with Crippen molar-refractivity contribution >= 4 is 42.3 Å². The summed E-state index contributed by atoms with van der Waals surface area (Å²) in [5.74, 6) is -4.21. The standard InChI is InChI=1S/C44H48FNO6Si/c1-29(24-30-21-23-38(48)37(45)25-30)20-22-39(49)40-31(26-35-41(36(40)27-47)43(51)46(42(35)50)32-14-8-5-9-15-32)28-52-53(44(2,3)4,33-16-10-6-11-17-33)34-18-12-7-13-19-34/h5-19,21,23-25,35-36,39,41,47-49H,20,22,26-28H2,1-4H3/b29-24+/t35-,36+,39-,41-/m1/s1. The molecular weight excluding hydrogens is 686 g/mol. The number of nitrogens with zero attached hydrogens (tertiary/aromatic N) is 1. The first kappa shape index (κ1) is 38.1. The van der Waals surface area contributed by atoms with Gasteiger partial charge in [-0.15, -0.1) is 0 Å². The molecule has 276 valence electrons. The lowest BCUT2D eigenvalue weighted by Gasteiger charge is -2.44. The van der Waals surface area contributed by atoms with Crippen molar-refractivity contribution in [2.45, 2.75) is 58.1 Å². The van der Waals surface area contributed by atoms with Crippen molar-refractivity contribution in [3.63, 3.8) is 0 Å². The van der Waals surface area contributed by atoms with Crippen LogP contribution in [0.25, 0.3) is 6.08 Å². The van der Waals surface area contributed by atoms with E-state index in [2.05, 4.69) is 45.0 Å². The van der Waals surface area contributed by atoms with Crippen molar-refractivity contribution in [3.8, 4) is 5.75 Å². The van der Waals surface area contributed by atoms with Crippen LogP contribution in [0.15, 0.2) is 126 Å². The number of rotatable bonds is 12. The van der Waals surface area contributed by atoms with Gasteiger partial charge >= 0.3 is 0 Å². The number of para-hydroxylation sites is 1. The van der Waals surface area contributed by atoms with Gasteiger partial charge in [0.2, 0.25) is 11.8 Å². The summed E-state index contributed by atoms with van der Waals surface area (Å²) in [6, 6.07) is 33.4. The highest BCUT2D eigenvalue weighted by Crippen LogP contribution is 2.48. The second kappa shape index (κ2) is 15.7. The van der Waals surface area contributed by atoms with Crippen molar-refractivity contribution in [1.82, 2.24) is 0 Å². The Morgan fingerprint density at radius 1 is 0.925 bits per heavy atom. The number of allylic oxidation sites excluding steroid dienone is 1. The molecule has 1 heterocycles. The monoisotopic (exact) mass is 733 g/mol. The molecule has 0 unspecified atom stereocenters. The van der Waals surface area contributed by atoms with Crippen molar-refractivity contribution in [1.29, 1.82) is 0 Å². The van der Waals surface area contributed by atoms with Crippen LogP contribution in [-0.4, -0.2) is 54.8 Å². The largest absolute Gasteiger partial charge is 0.505 e. The Morgan fingerprint density at radius 3 is 2.06 bits per heavy atom. The number of phenols is 1. The highest BCUT2D eigenvalue weighted by atomic mass is 28.4. The molecular formula is C44H48FNO6Si. The number of carbonyl (C=O) groups is 2. The van der Waals surface area contributed by atoms with Gasteiger partial charge in [-0.3, -0.25) is 14.5 Å². The van der Waals surface area contributed by atoms with Gasteiger partial charge in [-0.25, -0.2) is 4.39 Å². The minimum atomic E-state index is -3.05. The second-order valence-corrected chi connectivity index (χ2v) is 19.5. The summed E-state index contributed by atoms with van der Waals surface area (Å²) in [4.78, 5) is 29.5. The van der Waals surface area contributed by atoms with Crippen LogP contribution in [-0.2, 0) is 14.0 Å². The molecule has 4 atom stereocenters. The van der Waals surface area contributed by atoms with E-state index in [1.807, 2.05) is 49.4 Å². The first-order chi connectivity index (χ1) is 25.4. The molecule has 4 aromatic rings. The molecule has 7 nitrogen and oxygen atoms in total. The molecule has 0 spiro atoms. The van der Waals surface area contributed by atoms with Gasteiger partial charge < -0.3 is 19.7 Å². The van der Waals surface area contributed by atoms with Crippen LogP contribution in [0.3, 0.4) is 0 Å². The van der Waals surface area contributed by atoms with Crippen LogP contribution in [0.1, 0.15) is 52.5 Å². The number of halogens is 1. The Kier molecular flexibility index (Phi) is 11.3. The van der Waals surface area contributed by atoms with Crippen LogP contribution in [0, 0.1) is 23.6 Å². The third kappa shape index (κ3) is 7.44. The fourth-order valence-electron chi connectivity index (χ4n) is 8.37. The van der Waals surface area contributed by atoms with E-state index in [1.54, 1.807) is 36.4 Å². The number of aromatic hydroxyl groups is 1. The minimum absolute atomic E-state index is 0.105. The molecule has 1 aliphatic heterocycles. The number of carbonyl (C=O) groups excluding carboxylic acids is 2. The number of aliphatic hydroxyl groups excluding tert-OH is 2. The lowest BCUT2D eigenvalue weighted by atomic mass is 9.68. The molecule has 9 heteroatoms. The van der Waals surface area contributed by atoms with Gasteiger partial charge in [0.05, 0.1) is 36.8 Å². The Balaban J connectivity index is 1.41. The molecule has 1 aliphatic carbocycles. The Morgan fingerprint density at radius 2 is 1.51 bits per heavy atom. The number of aliphatic hydroxyl groups is 2. The molecule has 3 N–H and O–H groups in total. The zero-order valence-corrected chi connectivity index (χ0v) is 31.7. The summed E-state index contributed by atoms with van der Waals surface area (Å²) < 4.78 is 21.4. The van der Waals surface area contributed by atoms with Crippen LogP contribution in [0.2, 0.25) is 5.04 Å². The fourth-order valence-corrected chi connectivity index (χ4v) is 12.9. The number of fused-ring (bicyclic) bond motifs is 1. The molecule has 0 aromatic heterocycles. The van der Waals surface area contributed by atoms with Crippen LogP contribution >= 0.6 is 0 Å². The molecule has 6 rings (SSSR count). The van der Waals surface area contributed by atoms with Crippen molar-refractivity contribution in [2.24, 2.45) is 17.8 Å². The number of hydrogen-bond acceptors (Lipinski definition) is 6. The molecule has 2 amide bonds. The second-order valence-electron chi connectivity index (χ2n) is 15.2. The summed E-state index contributed by atoms with van der Waals surface area (Å²) in [6.45, 7) is 8.11. The third-order valence-electron chi connectivity index (χ3n) is 10.8. The SMILES string of the molecule is C/C(=C\c1ccc(O)c(F)c1)CC[C@@H](O)C1=C(CO[Si](c2ccccc2)(c2ccccc2)C(C)(C)C)C[C@H]2C(=O)N(c3ccccc3)C(=O)[C@H]2[C@H]1CO. The zero-order chi connectivity index (χ0) is 37.9. The molecule has 0 bridgehead atoms. The number of anilines is 1. The van der Waals surface area contributed by atoms with Crippen LogP contribution in [0.4, 0.5) is 10.1 Å². The first-order valence-corrected chi connectivity index (χ1v) is 20.1. The fraction of sp³-hybridized carbons (Fsp3) is 0.318. The molecule has 2 aliphatic rings.